The summed E-state index contributed by atoms with van der Waals surface area (Å²) in [6, 6.07) is 13.7. The van der Waals surface area contributed by atoms with E-state index >= 15 is 0 Å². The van der Waals surface area contributed by atoms with Crippen molar-refractivity contribution in [1.82, 2.24) is 5.32 Å². The Morgan fingerprint density at radius 1 is 1.24 bits per heavy atom. The highest BCUT2D eigenvalue weighted by molar-refractivity contribution is 5.36. The molecular formula is C18H20FNO. The molecule has 3 rings (SSSR count). The molecule has 0 spiro atoms. The third-order valence-electron chi connectivity index (χ3n) is 4.23. The van der Waals surface area contributed by atoms with E-state index in [1.54, 1.807) is 19.2 Å². The van der Waals surface area contributed by atoms with Gasteiger partial charge in [-0.3, -0.25) is 0 Å². The first-order chi connectivity index (χ1) is 10.2. The molecule has 0 radical (unpaired) electrons. The number of methoxy groups -OCH3 is 1. The fourth-order valence-electron chi connectivity index (χ4n) is 3.07. The van der Waals surface area contributed by atoms with Crippen molar-refractivity contribution in [3.8, 4) is 5.75 Å². The van der Waals surface area contributed by atoms with Gasteiger partial charge in [-0.25, -0.2) is 4.39 Å². The lowest BCUT2D eigenvalue weighted by molar-refractivity contribution is 0.411. The molecule has 0 aliphatic heterocycles. The molecule has 0 heterocycles. The van der Waals surface area contributed by atoms with Crippen molar-refractivity contribution in [2.45, 2.75) is 31.8 Å². The minimum Gasteiger partial charge on any atom is -0.497 e. The Hall–Kier alpha value is -1.87. The minimum atomic E-state index is -0.143. The third kappa shape index (κ3) is 2.93. The van der Waals surface area contributed by atoms with Crippen molar-refractivity contribution < 1.29 is 9.13 Å². The molecule has 1 N–H and O–H groups in total. The summed E-state index contributed by atoms with van der Waals surface area (Å²) >= 11 is 0. The van der Waals surface area contributed by atoms with E-state index in [2.05, 4.69) is 24.4 Å². The van der Waals surface area contributed by atoms with Crippen molar-refractivity contribution in [3.05, 3.63) is 65.0 Å². The molecule has 110 valence electrons. The van der Waals surface area contributed by atoms with Gasteiger partial charge in [0.2, 0.25) is 0 Å². The normalized spacial score (nSPS) is 18.3. The summed E-state index contributed by atoms with van der Waals surface area (Å²) in [5.41, 5.74) is 3.56. The van der Waals surface area contributed by atoms with Crippen LogP contribution in [-0.4, -0.2) is 7.11 Å². The van der Waals surface area contributed by atoms with E-state index in [4.69, 9.17) is 4.74 Å². The van der Waals surface area contributed by atoms with Gasteiger partial charge in [0.25, 0.3) is 0 Å². The van der Waals surface area contributed by atoms with Crippen LogP contribution in [0.2, 0.25) is 0 Å². The van der Waals surface area contributed by atoms with Crippen LogP contribution in [0.25, 0.3) is 0 Å². The van der Waals surface area contributed by atoms with Crippen LogP contribution in [0.3, 0.4) is 0 Å². The molecule has 1 aliphatic rings. The van der Waals surface area contributed by atoms with Gasteiger partial charge in [-0.15, -0.1) is 0 Å². The SMILES string of the molecule is COc1cccc([C@H](C)NC2CCc3cc(F)ccc32)c1. The smallest absolute Gasteiger partial charge is 0.123 e. The summed E-state index contributed by atoms with van der Waals surface area (Å²) in [7, 11) is 1.68. The van der Waals surface area contributed by atoms with Gasteiger partial charge in [0.05, 0.1) is 7.11 Å². The zero-order valence-corrected chi connectivity index (χ0v) is 12.4. The Bertz CT molecular complexity index is 641. The summed E-state index contributed by atoms with van der Waals surface area (Å²) in [4.78, 5) is 0. The number of halogens is 1. The standard InChI is InChI=1S/C18H20FNO/c1-12(13-4-3-5-16(11-13)21-2)20-18-9-6-14-10-15(19)7-8-17(14)18/h3-5,7-8,10-12,18,20H,6,9H2,1-2H3/t12-,18?/m0/s1. The molecule has 2 aromatic carbocycles. The predicted octanol–water partition coefficient (Wildman–Crippen LogP) is 4.17. The quantitative estimate of drug-likeness (QED) is 0.910. The van der Waals surface area contributed by atoms with E-state index in [9.17, 15) is 4.39 Å². The fourth-order valence-corrected chi connectivity index (χ4v) is 3.07. The summed E-state index contributed by atoms with van der Waals surface area (Å²) in [5.74, 6) is 0.727. The number of aryl methyl sites for hydroxylation is 1. The highest BCUT2D eigenvalue weighted by atomic mass is 19.1. The topological polar surface area (TPSA) is 21.3 Å². The molecule has 2 aromatic rings. The lowest BCUT2D eigenvalue weighted by Gasteiger charge is -2.21. The van der Waals surface area contributed by atoms with Crippen molar-refractivity contribution in [2.24, 2.45) is 0 Å². The van der Waals surface area contributed by atoms with Gasteiger partial charge in [-0.05, 0) is 60.7 Å². The molecule has 1 aliphatic carbocycles. The first kappa shape index (κ1) is 14.1. The molecule has 0 saturated carbocycles. The molecule has 0 aromatic heterocycles. The van der Waals surface area contributed by atoms with Gasteiger partial charge in [0.15, 0.2) is 0 Å². The maximum absolute atomic E-state index is 13.3. The molecule has 3 heteroatoms. The minimum absolute atomic E-state index is 0.143. The van der Waals surface area contributed by atoms with Crippen LogP contribution in [0.5, 0.6) is 5.75 Å². The second kappa shape index (κ2) is 5.86. The van der Waals surface area contributed by atoms with Crippen molar-refractivity contribution in [1.29, 1.82) is 0 Å². The van der Waals surface area contributed by atoms with Gasteiger partial charge in [0, 0.05) is 12.1 Å². The Kier molecular flexibility index (Phi) is 3.93. The van der Waals surface area contributed by atoms with E-state index < -0.39 is 0 Å². The number of hydrogen-bond donors (Lipinski definition) is 1. The first-order valence-corrected chi connectivity index (χ1v) is 7.35. The summed E-state index contributed by atoms with van der Waals surface area (Å²) in [6.45, 7) is 2.15. The summed E-state index contributed by atoms with van der Waals surface area (Å²) < 4.78 is 18.5. The van der Waals surface area contributed by atoms with Crippen LogP contribution >= 0.6 is 0 Å². The van der Waals surface area contributed by atoms with Gasteiger partial charge >= 0.3 is 0 Å². The highest BCUT2D eigenvalue weighted by Crippen LogP contribution is 2.33. The van der Waals surface area contributed by atoms with Crippen LogP contribution in [0.1, 0.15) is 42.1 Å². The first-order valence-electron chi connectivity index (χ1n) is 7.35. The van der Waals surface area contributed by atoms with E-state index in [0.717, 1.165) is 24.2 Å². The van der Waals surface area contributed by atoms with E-state index in [-0.39, 0.29) is 11.9 Å². The number of hydrogen-bond acceptors (Lipinski definition) is 2. The average Bonchev–Trinajstić information content (AvgIpc) is 2.89. The largest absolute Gasteiger partial charge is 0.497 e. The molecule has 0 bridgehead atoms. The molecule has 2 nitrogen and oxygen atoms in total. The van der Waals surface area contributed by atoms with Gasteiger partial charge in [-0.1, -0.05) is 18.2 Å². The van der Waals surface area contributed by atoms with Crippen LogP contribution in [0.15, 0.2) is 42.5 Å². The zero-order valence-electron chi connectivity index (χ0n) is 12.4. The fraction of sp³-hybridized carbons (Fsp3) is 0.333. The average molecular weight is 285 g/mol. The number of fused-ring (bicyclic) bond motifs is 1. The van der Waals surface area contributed by atoms with Gasteiger partial charge < -0.3 is 10.1 Å². The van der Waals surface area contributed by atoms with Crippen molar-refractivity contribution >= 4 is 0 Å². The third-order valence-corrected chi connectivity index (χ3v) is 4.23. The van der Waals surface area contributed by atoms with E-state index in [0.29, 0.717) is 6.04 Å². The molecule has 1 unspecified atom stereocenters. The Labute approximate surface area is 125 Å². The summed E-state index contributed by atoms with van der Waals surface area (Å²) in [6.07, 6.45) is 1.96. The molecule has 0 saturated heterocycles. The van der Waals surface area contributed by atoms with E-state index in [1.165, 1.54) is 11.1 Å². The Balaban J connectivity index is 1.76. The van der Waals surface area contributed by atoms with Crippen LogP contribution < -0.4 is 10.1 Å². The van der Waals surface area contributed by atoms with Gasteiger partial charge in [-0.2, -0.15) is 0 Å². The lowest BCUT2D eigenvalue weighted by atomic mass is 10.0. The maximum Gasteiger partial charge on any atom is 0.123 e. The Morgan fingerprint density at radius 3 is 2.90 bits per heavy atom. The molecule has 2 atom stereocenters. The molecule has 0 fully saturated rings. The highest BCUT2D eigenvalue weighted by Gasteiger charge is 2.24. The lowest BCUT2D eigenvalue weighted by Crippen LogP contribution is -2.23. The second-order valence-electron chi connectivity index (χ2n) is 5.60. The van der Waals surface area contributed by atoms with Gasteiger partial charge in [0.1, 0.15) is 11.6 Å². The van der Waals surface area contributed by atoms with Crippen LogP contribution in [0, 0.1) is 5.82 Å². The monoisotopic (exact) mass is 285 g/mol. The number of rotatable bonds is 4. The molecule has 0 amide bonds. The number of nitrogens with one attached hydrogen (secondary N) is 1. The molecular weight excluding hydrogens is 265 g/mol. The number of benzene rings is 2. The van der Waals surface area contributed by atoms with E-state index in [1.807, 2.05) is 18.2 Å². The van der Waals surface area contributed by atoms with Crippen molar-refractivity contribution in [2.75, 3.05) is 7.11 Å². The second-order valence-corrected chi connectivity index (χ2v) is 5.60. The maximum atomic E-state index is 13.3. The molecule has 21 heavy (non-hydrogen) atoms. The Morgan fingerprint density at radius 2 is 2.10 bits per heavy atom. The van der Waals surface area contributed by atoms with Crippen molar-refractivity contribution in [3.63, 3.8) is 0 Å². The van der Waals surface area contributed by atoms with Crippen LogP contribution in [0.4, 0.5) is 4.39 Å². The summed E-state index contributed by atoms with van der Waals surface area (Å²) in [5, 5.41) is 3.64. The number of ether oxygens (including phenoxy) is 1. The zero-order chi connectivity index (χ0) is 14.8. The van der Waals surface area contributed by atoms with Crippen LogP contribution in [-0.2, 0) is 6.42 Å². The predicted molar refractivity (Wildman–Crippen MR) is 82.0 cm³/mol.